The molecule has 6 rings (SSSR count). The second kappa shape index (κ2) is 19.0. The number of rotatable bonds is 16. The summed E-state index contributed by atoms with van der Waals surface area (Å²) >= 11 is 0. The van der Waals surface area contributed by atoms with E-state index in [1.54, 1.807) is 36.4 Å². The van der Waals surface area contributed by atoms with Crippen LogP contribution in [0.25, 0.3) is 0 Å². The summed E-state index contributed by atoms with van der Waals surface area (Å²) in [4.78, 5) is 15.7. The molecule has 6 atom stereocenters. The van der Waals surface area contributed by atoms with Crippen LogP contribution in [0.3, 0.4) is 0 Å². The smallest absolute Gasteiger partial charge is 0.241 e. The van der Waals surface area contributed by atoms with Gasteiger partial charge >= 0.3 is 0 Å². The average molecular weight is 794 g/mol. The Hall–Kier alpha value is -4.92. The van der Waals surface area contributed by atoms with Gasteiger partial charge in [0.15, 0.2) is 6.29 Å². The maximum Gasteiger partial charge on any atom is 0.241 e. The van der Waals surface area contributed by atoms with Gasteiger partial charge in [0.05, 0.1) is 29.8 Å². The van der Waals surface area contributed by atoms with Gasteiger partial charge in [0.25, 0.3) is 0 Å². The Morgan fingerprint density at radius 1 is 0.825 bits per heavy atom. The maximum absolute atomic E-state index is 13.6. The highest BCUT2D eigenvalue weighted by atomic mass is 32.2. The van der Waals surface area contributed by atoms with Crippen LogP contribution in [-0.4, -0.2) is 66.8 Å². The summed E-state index contributed by atoms with van der Waals surface area (Å²) in [6.07, 6.45) is -2.01. The molecule has 5 aromatic rings. The number of phenols is 1. The quantitative estimate of drug-likeness (QED) is 0.0827. The number of aromatic hydroxyl groups is 1. The number of carbonyl (C=O) groups is 1. The molecule has 0 spiro atoms. The lowest BCUT2D eigenvalue weighted by molar-refractivity contribution is -0.276. The largest absolute Gasteiger partial charge is 0.508 e. The number of nitrogens with one attached hydrogen (secondary N) is 2. The SMILES string of the molecule is Cc1ccc(S(=O)(=O)N[C@H](Cc2ccccc2)C(=O)NCc2ccc([C@@H]3O[C@H](CN(C)C[C@@H](O)c4cccc(O)c4)[C@H](C)[C@H](c4ccc(CO)cc4)O3)cc2)cc1. The first-order valence-corrected chi connectivity index (χ1v) is 20.5. The molecule has 5 N–H and O–H groups in total. The number of benzene rings is 5. The standard InChI is InChI=1S/C45H51N3O8S/c1-30-12-22-39(23-13-30)57(53,54)47-40(24-32-8-5-4-6-9-32)44(52)46-26-33-14-20-36(21-15-33)45-55-42(28-48(3)27-41(51)37-10-7-11-38(50)25-37)31(2)43(56-45)35-18-16-34(29-49)17-19-35/h4-23,25,31,40-43,45,47,49-51H,24,26-29H2,1-3H3,(H,46,52)/t31-,40+,41+,42+,43+,45+/m0/s1. The number of aliphatic hydroxyl groups excluding tert-OH is 2. The zero-order valence-electron chi connectivity index (χ0n) is 32.4. The molecule has 0 unspecified atom stereocenters. The van der Waals surface area contributed by atoms with E-state index in [-0.39, 0.29) is 48.3 Å². The predicted octanol–water partition coefficient (Wildman–Crippen LogP) is 5.86. The van der Waals surface area contributed by atoms with Crippen molar-refractivity contribution in [2.75, 3.05) is 20.1 Å². The molecular weight excluding hydrogens is 743 g/mol. The van der Waals surface area contributed by atoms with Gasteiger partial charge in [-0.3, -0.25) is 4.79 Å². The average Bonchev–Trinajstić information content (AvgIpc) is 3.21. The molecule has 0 saturated carbocycles. The number of sulfonamides is 1. The zero-order valence-corrected chi connectivity index (χ0v) is 33.2. The van der Waals surface area contributed by atoms with Crippen molar-refractivity contribution in [3.8, 4) is 5.75 Å². The highest BCUT2D eigenvalue weighted by Gasteiger charge is 2.39. The van der Waals surface area contributed by atoms with Crippen LogP contribution < -0.4 is 10.0 Å². The first-order chi connectivity index (χ1) is 27.4. The third kappa shape index (κ3) is 11.1. The van der Waals surface area contributed by atoms with Gasteiger partial charge in [0.1, 0.15) is 11.8 Å². The number of likely N-dealkylation sites (N-methyl/N-ethyl adjacent to an activating group) is 1. The lowest BCUT2D eigenvalue weighted by atomic mass is 9.90. The summed E-state index contributed by atoms with van der Waals surface area (Å²) in [5.74, 6) is -0.443. The second-order valence-electron chi connectivity index (χ2n) is 14.8. The van der Waals surface area contributed by atoms with Gasteiger partial charge in [0.2, 0.25) is 15.9 Å². The van der Waals surface area contributed by atoms with E-state index in [1.807, 2.05) is 97.7 Å². The molecule has 0 radical (unpaired) electrons. The van der Waals surface area contributed by atoms with Crippen molar-refractivity contribution in [3.63, 3.8) is 0 Å². The van der Waals surface area contributed by atoms with Gasteiger partial charge in [-0.2, -0.15) is 4.72 Å². The Morgan fingerprint density at radius 2 is 1.49 bits per heavy atom. The number of hydrogen-bond acceptors (Lipinski definition) is 9. The summed E-state index contributed by atoms with van der Waals surface area (Å²) in [6.45, 7) is 4.85. The molecule has 300 valence electrons. The number of phenolic OH excluding ortho intramolecular Hbond substituents is 1. The van der Waals surface area contributed by atoms with Crippen LogP contribution in [0.15, 0.2) is 132 Å². The topological polar surface area (TPSA) is 158 Å². The van der Waals surface area contributed by atoms with Gasteiger partial charge in [-0.1, -0.05) is 116 Å². The first-order valence-electron chi connectivity index (χ1n) is 19.0. The monoisotopic (exact) mass is 793 g/mol. The van der Waals surface area contributed by atoms with Crippen LogP contribution in [0.1, 0.15) is 64.4 Å². The van der Waals surface area contributed by atoms with Crippen molar-refractivity contribution in [1.82, 2.24) is 14.9 Å². The Morgan fingerprint density at radius 3 is 2.16 bits per heavy atom. The number of aliphatic hydroxyl groups is 2. The number of nitrogens with zero attached hydrogens (tertiary/aromatic N) is 1. The first kappa shape index (κ1) is 41.7. The molecule has 12 heteroatoms. The lowest BCUT2D eigenvalue weighted by Gasteiger charge is -2.42. The van der Waals surface area contributed by atoms with E-state index in [0.717, 1.165) is 33.4 Å². The van der Waals surface area contributed by atoms with Gasteiger partial charge < -0.3 is 35.0 Å². The van der Waals surface area contributed by atoms with Crippen molar-refractivity contribution in [3.05, 3.63) is 166 Å². The van der Waals surface area contributed by atoms with Crippen LogP contribution >= 0.6 is 0 Å². The molecule has 5 aromatic carbocycles. The van der Waals surface area contributed by atoms with E-state index in [1.165, 1.54) is 12.1 Å². The van der Waals surface area contributed by atoms with Crippen molar-refractivity contribution in [1.29, 1.82) is 0 Å². The highest BCUT2D eigenvalue weighted by molar-refractivity contribution is 7.89. The number of carbonyl (C=O) groups excluding carboxylic acids is 1. The minimum Gasteiger partial charge on any atom is -0.508 e. The minimum atomic E-state index is -3.98. The molecule has 1 saturated heterocycles. The van der Waals surface area contributed by atoms with Crippen LogP contribution in [0.5, 0.6) is 5.75 Å². The van der Waals surface area contributed by atoms with Crippen LogP contribution in [0, 0.1) is 12.8 Å². The fourth-order valence-corrected chi connectivity index (χ4v) is 8.15. The van der Waals surface area contributed by atoms with E-state index >= 15 is 0 Å². The van der Waals surface area contributed by atoms with Gasteiger partial charge in [0, 0.05) is 31.1 Å². The Balaban J connectivity index is 1.15. The Kier molecular flexibility index (Phi) is 13.9. The molecule has 11 nitrogen and oxygen atoms in total. The summed E-state index contributed by atoms with van der Waals surface area (Å²) in [6, 6.07) is 36.5. The summed E-state index contributed by atoms with van der Waals surface area (Å²) in [5.41, 5.74) is 5.67. The van der Waals surface area contributed by atoms with E-state index in [4.69, 9.17) is 9.47 Å². The van der Waals surface area contributed by atoms with E-state index < -0.39 is 34.4 Å². The van der Waals surface area contributed by atoms with Crippen molar-refractivity contribution in [2.45, 2.75) is 69.0 Å². The molecule has 0 aliphatic carbocycles. The highest BCUT2D eigenvalue weighted by Crippen LogP contribution is 2.42. The number of ether oxygens (including phenoxy) is 2. The second-order valence-corrected chi connectivity index (χ2v) is 16.5. The number of aryl methyl sites for hydroxylation is 1. The molecular formula is C45H51N3O8S. The van der Waals surface area contributed by atoms with Crippen LogP contribution in [-0.2, 0) is 43.9 Å². The Bertz CT molecular complexity index is 2170. The van der Waals surface area contributed by atoms with Crippen molar-refractivity contribution in [2.24, 2.45) is 5.92 Å². The fraction of sp³-hybridized carbons (Fsp3) is 0.311. The van der Waals surface area contributed by atoms with Gasteiger partial charge in [-0.25, -0.2) is 8.42 Å². The molecule has 0 bridgehead atoms. The molecule has 1 aliphatic rings. The minimum absolute atomic E-state index is 0.0639. The molecule has 0 aromatic heterocycles. The molecule has 1 amide bonds. The normalized spacial score (nSPS) is 19.5. The number of amides is 1. The van der Waals surface area contributed by atoms with Crippen LogP contribution in [0.2, 0.25) is 0 Å². The molecule has 1 fully saturated rings. The third-order valence-electron chi connectivity index (χ3n) is 10.3. The molecule has 1 heterocycles. The van der Waals surface area contributed by atoms with Crippen LogP contribution in [0.4, 0.5) is 0 Å². The lowest BCUT2D eigenvalue weighted by Crippen LogP contribution is -2.47. The van der Waals surface area contributed by atoms with Crippen molar-refractivity contribution >= 4 is 15.9 Å². The molecule has 57 heavy (non-hydrogen) atoms. The van der Waals surface area contributed by atoms with Gasteiger partial charge in [-0.05, 0) is 72.5 Å². The van der Waals surface area contributed by atoms with E-state index in [9.17, 15) is 28.5 Å². The fourth-order valence-electron chi connectivity index (χ4n) is 6.96. The number of hydrogen-bond donors (Lipinski definition) is 5. The van der Waals surface area contributed by atoms with E-state index in [0.29, 0.717) is 18.7 Å². The summed E-state index contributed by atoms with van der Waals surface area (Å²) in [5, 5.41) is 33.4. The van der Waals surface area contributed by atoms with E-state index in [2.05, 4.69) is 17.0 Å². The summed E-state index contributed by atoms with van der Waals surface area (Å²) < 4.78 is 42.5. The summed E-state index contributed by atoms with van der Waals surface area (Å²) in [7, 11) is -2.07. The predicted molar refractivity (Wildman–Crippen MR) is 217 cm³/mol. The molecule has 1 aliphatic heterocycles. The Labute approximate surface area is 335 Å². The zero-order chi connectivity index (χ0) is 40.5. The third-order valence-corrected chi connectivity index (χ3v) is 11.8. The van der Waals surface area contributed by atoms with Gasteiger partial charge in [-0.15, -0.1) is 0 Å². The maximum atomic E-state index is 13.6. The van der Waals surface area contributed by atoms with Crippen molar-refractivity contribution < 1.29 is 38.0 Å².